The van der Waals surface area contributed by atoms with Crippen LogP contribution in [0.1, 0.15) is 5.56 Å². The highest BCUT2D eigenvalue weighted by atomic mass is 35.5. The van der Waals surface area contributed by atoms with Gasteiger partial charge < -0.3 is 9.64 Å². The Hall–Kier alpha value is -3.11. The van der Waals surface area contributed by atoms with E-state index >= 15 is 0 Å². The smallest absolute Gasteiger partial charge is 0.301 e. The van der Waals surface area contributed by atoms with Gasteiger partial charge >= 0.3 is 5.69 Å². The summed E-state index contributed by atoms with van der Waals surface area (Å²) < 4.78 is 5.40. The van der Waals surface area contributed by atoms with Crippen molar-refractivity contribution in [2.24, 2.45) is 5.10 Å². The van der Waals surface area contributed by atoms with E-state index in [0.29, 0.717) is 36.2 Å². The van der Waals surface area contributed by atoms with E-state index in [1.54, 1.807) is 6.07 Å². The molecule has 0 amide bonds. The van der Waals surface area contributed by atoms with Gasteiger partial charge in [0, 0.05) is 48.2 Å². The molecular formula is C18H19Cl2N5O5. The molecule has 10 nitrogen and oxygen atoms in total. The molecule has 0 radical (unpaired) electrons. The van der Waals surface area contributed by atoms with Crippen LogP contribution in [0, 0.1) is 20.2 Å². The largest absolute Gasteiger partial charge is 0.496 e. The molecule has 2 aromatic rings. The molecule has 0 heterocycles. The third-order valence-corrected chi connectivity index (χ3v) is 4.41. The van der Waals surface area contributed by atoms with Crippen molar-refractivity contribution in [3.8, 4) is 5.75 Å². The van der Waals surface area contributed by atoms with Gasteiger partial charge in [-0.2, -0.15) is 5.10 Å². The van der Waals surface area contributed by atoms with E-state index in [0.717, 1.165) is 17.8 Å². The van der Waals surface area contributed by atoms with Crippen LogP contribution in [0.25, 0.3) is 0 Å². The first-order chi connectivity index (χ1) is 14.4. The van der Waals surface area contributed by atoms with Crippen LogP contribution in [0.4, 0.5) is 22.7 Å². The molecular weight excluding hydrogens is 437 g/mol. The molecule has 1 N–H and O–H groups in total. The molecule has 0 unspecified atom stereocenters. The number of hydrogen-bond acceptors (Lipinski definition) is 8. The minimum atomic E-state index is -0.720. The first-order valence-corrected chi connectivity index (χ1v) is 9.75. The van der Waals surface area contributed by atoms with Crippen LogP contribution in [0.3, 0.4) is 0 Å². The predicted molar refractivity (Wildman–Crippen MR) is 118 cm³/mol. The summed E-state index contributed by atoms with van der Waals surface area (Å²) in [5, 5.41) is 26.0. The van der Waals surface area contributed by atoms with Gasteiger partial charge in [-0.15, -0.1) is 23.2 Å². The maximum Gasteiger partial charge on any atom is 0.301 e. The number of non-ortho nitro benzene ring substituents is 1. The fourth-order valence-corrected chi connectivity index (χ4v) is 3.04. The Morgan fingerprint density at radius 1 is 1.10 bits per heavy atom. The Labute approximate surface area is 182 Å². The number of nitro benzene ring substituents is 2. The van der Waals surface area contributed by atoms with Crippen LogP contribution in [0.2, 0.25) is 0 Å². The number of nitrogens with zero attached hydrogens (tertiary/aromatic N) is 4. The molecule has 0 fully saturated rings. The molecule has 0 aliphatic carbocycles. The van der Waals surface area contributed by atoms with Gasteiger partial charge in [-0.1, -0.05) is 0 Å². The Bertz CT molecular complexity index is 935. The zero-order valence-electron chi connectivity index (χ0n) is 16.0. The summed E-state index contributed by atoms with van der Waals surface area (Å²) in [6.07, 6.45) is 1.43. The van der Waals surface area contributed by atoms with Crippen LogP contribution in [-0.2, 0) is 0 Å². The predicted octanol–water partition coefficient (Wildman–Crippen LogP) is 4.24. The van der Waals surface area contributed by atoms with Crippen molar-refractivity contribution >= 4 is 52.2 Å². The maximum absolute atomic E-state index is 11.2. The van der Waals surface area contributed by atoms with E-state index in [-0.39, 0.29) is 11.4 Å². The Morgan fingerprint density at radius 3 is 2.37 bits per heavy atom. The van der Waals surface area contributed by atoms with Gasteiger partial charge in [0.1, 0.15) is 11.4 Å². The normalized spacial score (nSPS) is 10.8. The fourth-order valence-electron chi connectivity index (χ4n) is 2.63. The van der Waals surface area contributed by atoms with Crippen LogP contribution < -0.4 is 15.1 Å². The number of rotatable bonds is 11. The Kier molecular flexibility index (Phi) is 8.63. The molecule has 2 aromatic carbocycles. The average Bonchev–Trinajstić information content (AvgIpc) is 2.73. The summed E-state index contributed by atoms with van der Waals surface area (Å²) in [6, 6.07) is 8.70. The Balaban J connectivity index is 2.24. The van der Waals surface area contributed by atoms with Gasteiger partial charge in [0.2, 0.25) is 0 Å². The summed E-state index contributed by atoms with van der Waals surface area (Å²) in [4.78, 5) is 22.6. The van der Waals surface area contributed by atoms with Gasteiger partial charge in [-0.25, -0.2) is 0 Å². The number of hydrogen-bond donors (Lipinski definition) is 1. The van der Waals surface area contributed by atoms with Crippen LogP contribution >= 0.6 is 23.2 Å². The third-order valence-electron chi connectivity index (χ3n) is 4.07. The first-order valence-electron chi connectivity index (χ1n) is 8.68. The monoisotopic (exact) mass is 455 g/mol. The number of nitro groups is 2. The summed E-state index contributed by atoms with van der Waals surface area (Å²) >= 11 is 11.7. The average molecular weight is 456 g/mol. The molecule has 0 spiro atoms. The van der Waals surface area contributed by atoms with Gasteiger partial charge in [0.15, 0.2) is 0 Å². The van der Waals surface area contributed by atoms with E-state index in [1.807, 2.05) is 17.0 Å². The second-order valence-electron chi connectivity index (χ2n) is 5.88. The number of alkyl halides is 2. The quantitative estimate of drug-likeness (QED) is 0.232. The lowest BCUT2D eigenvalue weighted by molar-refractivity contribution is -0.393. The number of nitrogens with one attached hydrogen (secondary N) is 1. The third kappa shape index (κ3) is 5.94. The molecule has 0 saturated heterocycles. The maximum atomic E-state index is 11.2. The molecule has 0 atom stereocenters. The van der Waals surface area contributed by atoms with Crippen molar-refractivity contribution in [1.82, 2.24) is 0 Å². The molecule has 30 heavy (non-hydrogen) atoms. The van der Waals surface area contributed by atoms with Crippen molar-refractivity contribution in [3.05, 3.63) is 62.2 Å². The SMILES string of the molecule is COc1cc(N(CCCl)CCCl)ccc1/C=N\Nc1ccc([N+](=O)[O-])cc1[N+](=O)[O-]. The van der Waals surface area contributed by atoms with E-state index in [2.05, 4.69) is 10.5 Å². The van der Waals surface area contributed by atoms with Crippen LogP contribution in [0.15, 0.2) is 41.5 Å². The van der Waals surface area contributed by atoms with Crippen LogP contribution in [-0.4, -0.2) is 48.0 Å². The van der Waals surface area contributed by atoms with Crippen molar-refractivity contribution in [3.63, 3.8) is 0 Å². The van der Waals surface area contributed by atoms with Crippen molar-refractivity contribution in [2.45, 2.75) is 0 Å². The first kappa shape index (κ1) is 23.2. The topological polar surface area (TPSA) is 123 Å². The summed E-state index contributed by atoms with van der Waals surface area (Å²) in [5.41, 5.74) is 3.22. The molecule has 0 saturated carbocycles. The number of ether oxygens (including phenoxy) is 1. The lowest BCUT2D eigenvalue weighted by atomic mass is 10.2. The highest BCUT2D eigenvalue weighted by Gasteiger charge is 2.19. The number of methoxy groups -OCH3 is 1. The second-order valence-corrected chi connectivity index (χ2v) is 6.63. The number of halogens is 2. The van der Waals surface area contributed by atoms with Gasteiger partial charge in [-0.3, -0.25) is 25.7 Å². The molecule has 160 valence electrons. The number of hydrazone groups is 1. The highest BCUT2D eigenvalue weighted by Crippen LogP contribution is 2.29. The molecule has 12 heteroatoms. The van der Waals surface area contributed by atoms with Gasteiger partial charge in [-0.05, 0) is 18.2 Å². The van der Waals surface area contributed by atoms with Gasteiger partial charge in [0.05, 0.1) is 29.2 Å². The molecule has 0 aliphatic rings. The molecule has 0 bridgehead atoms. The molecule has 2 rings (SSSR count). The second kappa shape index (κ2) is 11.2. The minimum Gasteiger partial charge on any atom is -0.496 e. The zero-order valence-corrected chi connectivity index (χ0v) is 17.5. The van der Waals surface area contributed by atoms with E-state index in [1.165, 1.54) is 19.4 Å². The van der Waals surface area contributed by atoms with Gasteiger partial charge in [0.25, 0.3) is 5.69 Å². The lowest BCUT2D eigenvalue weighted by Gasteiger charge is -2.23. The molecule has 0 aliphatic heterocycles. The standard InChI is InChI=1S/C18H19Cl2N5O5/c1-30-18-11-14(23(8-6-19)9-7-20)3-2-13(18)12-21-22-16-5-4-15(24(26)27)10-17(16)25(28)29/h2-5,10-12,22H,6-9H2,1H3/b21-12-. The highest BCUT2D eigenvalue weighted by molar-refractivity contribution is 6.18. The number of anilines is 2. The number of benzene rings is 2. The van der Waals surface area contributed by atoms with Crippen molar-refractivity contribution in [1.29, 1.82) is 0 Å². The van der Waals surface area contributed by atoms with Crippen molar-refractivity contribution < 1.29 is 14.6 Å². The van der Waals surface area contributed by atoms with E-state index in [4.69, 9.17) is 27.9 Å². The summed E-state index contributed by atoms with van der Waals surface area (Å²) in [5.74, 6) is 1.42. The lowest BCUT2D eigenvalue weighted by Crippen LogP contribution is -2.27. The Morgan fingerprint density at radius 2 is 1.80 bits per heavy atom. The van der Waals surface area contributed by atoms with Crippen LogP contribution in [0.5, 0.6) is 5.75 Å². The van der Waals surface area contributed by atoms with Crippen molar-refractivity contribution in [2.75, 3.05) is 42.3 Å². The zero-order chi connectivity index (χ0) is 22.1. The summed E-state index contributed by atoms with van der Waals surface area (Å²) in [6.45, 7) is 1.24. The minimum absolute atomic E-state index is 0.0211. The van der Waals surface area contributed by atoms with E-state index < -0.39 is 15.5 Å². The van der Waals surface area contributed by atoms with E-state index in [9.17, 15) is 20.2 Å². The summed E-state index contributed by atoms with van der Waals surface area (Å²) in [7, 11) is 1.51. The molecule has 0 aromatic heterocycles. The fraction of sp³-hybridized carbons (Fsp3) is 0.278.